The number of carbonyl (C=O) groups excluding carboxylic acids is 2. The number of rotatable bonds is 2. The summed E-state index contributed by atoms with van der Waals surface area (Å²) in [6.45, 7) is 5.06. The molecule has 9 nitrogen and oxygen atoms in total. The van der Waals surface area contributed by atoms with E-state index in [1.807, 2.05) is 0 Å². The number of nitrogens with zero attached hydrogens (tertiary/aromatic N) is 4. The van der Waals surface area contributed by atoms with Crippen LogP contribution in [0, 0.1) is 12.8 Å². The number of fused-ring (bicyclic) bond motifs is 6. The van der Waals surface area contributed by atoms with Crippen LogP contribution in [0.4, 0.5) is 5.69 Å². The number of imide groups is 1. The predicted molar refractivity (Wildman–Crippen MR) is 91.5 cm³/mol. The summed E-state index contributed by atoms with van der Waals surface area (Å²) in [5.41, 5.74) is 7.71. The van der Waals surface area contributed by atoms with Gasteiger partial charge in [0.2, 0.25) is 5.91 Å². The second kappa shape index (κ2) is 4.60. The van der Waals surface area contributed by atoms with Crippen LogP contribution < -0.4 is 10.0 Å². The van der Waals surface area contributed by atoms with E-state index in [1.165, 1.54) is 0 Å². The van der Waals surface area contributed by atoms with Gasteiger partial charge in [-0.1, -0.05) is 0 Å². The number of hydrogen-bond donors (Lipinski definition) is 2. The first-order chi connectivity index (χ1) is 12.7. The van der Waals surface area contributed by atoms with Gasteiger partial charge in [0, 0.05) is 24.5 Å². The van der Waals surface area contributed by atoms with Crippen molar-refractivity contribution in [2.75, 3.05) is 4.90 Å². The molecule has 2 amide bonds. The van der Waals surface area contributed by atoms with Crippen molar-refractivity contribution < 1.29 is 24.5 Å². The molecule has 140 valence electrons. The highest BCUT2D eigenvalue weighted by molar-refractivity contribution is 6.26. The van der Waals surface area contributed by atoms with E-state index in [1.54, 1.807) is 49.7 Å². The monoisotopic (exact) mass is 369 g/mol. The molecule has 5 heterocycles. The van der Waals surface area contributed by atoms with Crippen molar-refractivity contribution in [3.63, 3.8) is 0 Å². The molecule has 2 aromatic rings. The van der Waals surface area contributed by atoms with Gasteiger partial charge in [0.25, 0.3) is 5.54 Å². The lowest BCUT2D eigenvalue weighted by Gasteiger charge is -2.36. The molecule has 0 aromatic carbocycles. The van der Waals surface area contributed by atoms with Crippen LogP contribution in [-0.2, 0) is 14.3 Å². The van der Waals surface area contributed by atoms with Gasteiger partial charge in [0.1, 0.15) is 22.8 Å². The maximum atomic E-state index is 13.5. The van der Waals surface area contributed by atoms with Crippen LogP contribution in [0.1, 0.15) is 26.0 Å². The molecular formula is C18H19N5O4. The third-order valence-electron chi connectivity index (χ3n) is 6.75. The molecular weight excluding hydrogens is 350 g/mol. The molecule has 5 rings (SSSR count). The number of aromatic nitrogens is 2. The lowest BCUT2D eigenvalue weighted by Crippen LogP contribution is -2.93. The summed E-state index contributed by atoms with van der Waals surface area (Å²) in [5.74, 6) is -2.14. The maximum absolute atomic E-state index is 13.5. The Bertz CT molecular complexity index is 1050. The summed E-state index contributed by atoms with van der Waals surface area (Å²) in [6.07, 6.45) is 2.61. The Balaban J connectivity index is 1.74. The minimum atomic E-state index is -1.64. The van der Waals surface area contributed by atoms with Crippen molar-refractivity contribution in [3.8, 4) is 0 Å². The van der Waals surface area contributed by atoms with Crippen molar-refractivity contribution in [1.82, 2.24) is 9.38 Å². The molecule has 3 fully saturated rings. The molecule has 0 saturated carbocycles. The normalized spacial score (nSPS) is 40.2. The molecule has 2 aromatic heterocycles. The first-order valence-corrected chi connectivity index (χ1v) is 8.82. The number of carbonyl (C=O) groups is 2. The van der Waals surface area contributed by atoms with E-state index < -0.39 is 40.6 Å². The second-order valence-corrected chi connectivity index (χ2v) is 8.03. The van der Waals surface area contributed by atoms with Crippen LogP contribution in [0.25, 0.3) is 11.2 Å². The van der Waals surface area contributed by atoms with Gasteiger partial charge in [0.05, 0.1) is 11.8 Å². The summed E-state index contributed by atoms with van der Waals surface area (Å²) in [5, 5.41) is 12.6. The molecule has 3 aliphatic rings. The number of aliphatic hydroxyl groups is 1. The van der Waals surface area contributed by atoms with E-state index in [9.17, 15) is 20.2 Å². The number of anilines is 1. The Morgan fingerprint density at radius 2 is 2.11 bits per heavy atom. The van der Waals surface area contributed by atoms with Gasteiger partial charge in [-0.2, -0.15) is 0 Å². The Morgan fingerprint density at radius 3 is 2.81 bits per heavy atom. The van der Waals surface area contributed by atoms with Crippen molar-refractivity contribution in [2.24, 2.45) is 5.92 Å². The molecule has 27 heavy (non-hydrogen) atoms. The van der Waals surface area contributed by atoms with Crippen molar-refractivity contribution in [1.29, 1.82) is 0 Å². The van der Waals surface area contributed by atoms with E-state index >= 15 is 0 Å². The summed E-state index contributed by atoms with van der Waals surface area (Å²) < 4.78 is 7.76. The zero-order chi connectivity index (χ0) is 19.4. The maximum Gasteiger partial charge on any atom is 0.308 e. The van der Waals surface area contributed by atoms with Crippen LogP contribution in [0.15, 0.2) is 24.5 Å². The number of pyridine rings is 1. The van der Waals surface area contributed by atoms with Gasteiger partial charge in [0.15, 0.2) is 0 Å². The average Bonchev–Trinajstić information content (AvgIpc) is 3.28. The highest BCUT2D eigenvalue weighted by atomic mass is 16.6. The number of aryl methyl sites for hydroxylation is 1. The van der Waals surface area contributed by atoms with Crippen LogP contribution >= 0.6 is 0 Å². The fourth-order valence-electron chi connectivity index (χ4n) is 5.39. The minimum absolute atomic E-state index is 0.139. The number of aliphatic hydroxyl groups excluding tert-OH is 1. The largest absolute Gasteiger partial charge is 0.508 e. The summed E-state index contributed by atoms with van der Waals surface area (Å²) in [7, 11) is 0. The topological polar surface area (TPSA) is 120 Å². The zero-order valence-electron chi connectivity index (χ0n) is 15.1. The van der Waals surface area contributed by atoms with E-state index in [-0.39, 0.29) is 6.42 Å². The standard InChI is InChI=1S/C18H19N5O4/c1-9-10(4-5-12-20-6-7-22(9)12)23-14(25)13-17(3)11(24)8-16(2,27-17)18(13,21-19)15(23)26/h4-7,11,13,21,24H,8H2,1-3H3/t11-,13?,16?,17?,18-/m1/s1. The van der Waals surface area contributed by atoms with E-state index in [0.717, 1.165) is 4.90 Å². The van der Waals surface area contributed by atoms with Crippen molar-refractivity contribution >= 4 is 23.1 Å². The molecule has 0 spiro atoms. The smallest absolute Gasteiger partial charge is 0.308 e. The summed E-state index contributed by atoms with van der Waals surface area (Å²) in [4.78, 5) is 32.2. The molecule has 2 bridgehead atoms. The van der Waals surface area contributed by atoms with Gasteiger partial charge in [-0.25, -0.2) is 9.88 Å². The van der Waals surface area contributed by atoms with E-state index in [4.69, 9.17) is 4.74 Å². The van der Waals surface area contributed by atoms with E-state index in [0.29, 0.717) is 17.0 Å². The molecule has 9 heteroatoms. The Hall–Kier alpha value is -2.65. The van der Waals surface area contributed by atoms with Crippen LogP contribution in [-0.4, -0.2) is 49.2 Å². The minimum Gasteiger partial charge on any atom is -0.508 e. The third-order valence-corrected chi connectivity index (χ3v) is 6.75. The first-order valence-electron chi connectivity index (χ1n) is 8.82. The van der Waals surface area contributed by atoms with Crippen molar-refractivity contribution in [2.45, 2.75) is 50.0 Å². The highest BCUT2D eigenvalue weighted by Crippen LogP contribution is 2.61. The molecule has 3 saturated heterocycles. The highest BCUT2D eigenvalue weighted by Gasteiger charge is 2.87. The Kier molecular flexibility index (Phi) is 2.81. The molecule has 3 unspecified atom stereocenters. The SMILES string of the molecule is Cc1c(N2C(=O)C3C4(C)OC(C)(C[C@H]4O)[C@]3([NH+]=[N-])C2=O)ccc2nccn12. The third kappa shape index (κ3) is 1.53. The average molecular weight is 369 g/mol. The summed E-state index contributed by atoms with van der Waals surface area (Å²) in [6, 6.07) is 3.39. The molecule has 0 aliphatic carbocycles. The van der Waals surface area contributed by atoms with Crippen LogP contribution in [0.2, 0.25) is 0 Å². The van der Waals surface area contributed by atoms with Gasteiger partial charge in [-0.3, -0.25) is 9.59 Å². The fraction of sp³-hybridized carbons (Fsp3) is 0.500. The number of ether oxygens (including phenoxy) is 1. The number of amides is 2. The first kappa shape index (κ1) is 16.5. The number of nitrogens with one attached hydrogen (secondary N) is 1. The number of imidazole rings is 1. The second-order valence-electron chi connectivity index (χ2n) is 8.03. The van der Waals surface area contributed by atoms with Gasteiger partial charge in [-0.05, 0) is 32.9 Å². The van der Waals surface area contributed by atoms with Crippen LogP contribution in [0.5, 0.6) is 0 Å². The molecule has 0 radical (unpaired) electrons. The van der Waals surface area contributed by atoms with Gasteiger partial charge < -0.3 is 24.9 Å². The summed E-state index contributed by atoms with van der Waals surface area (Å²) >= 11 is 0. The van der Waals surface area contributed by atoms with Crippen LogP contribution in [0.3, 0.4) is 0 Å². The molecule has 3 aliphatic heterocycles. The lowest BCUT2D eigenvalue weighted by molar-refractivity contribution is -0.576. The van der Waals surface area contributed by atoms with Gasteiger partial charge >= 0.3 is 5.91 Å². The Labute approximate surface area is 154 Å². The molecule has 5 atom stereocenters. The predicted octanol–water partition coefficient (Wildman–Crippen LogP) is -0.715. The number of hydrogen-bond acceptors (Lipinski definition) is 5. The Morgan fingerprint density at radius 1 is 1.37 bits per heavy atom. The van der Waals surface area contributed by atoms with Crippen molar-refractivity contribution in [3.05, 3.63) is 35.8 Å². The fourth-order valence-corrected chi connectivity index (χ4v) is 5.39. The van der Waals surface area contributed by atoms with E-state index in [2.05, 4.69) is 10.1 Å². The van der Waals surface area contributed by atoms with Gasteiger partial charge in [-0.15, -0.1) is 0 Å². The quantitative estimate of drug-likeness (QED) is 0.535. The lowest BCUT2D eigenvalue weighted by atomic mass is 9.63. The molecule has 2 N–H and O–H groups in total. The zero-order valence-corrected chi connectivity index (χ0v) is 15.1.